The number of halogens is 9. The first-order chi connectivity index (χ1) is 16.5. The molecule has 4 aromatic rings. The second-order valence-electron chi connectivity index (χ2n) is 7.17. The summed E-state index contributed by atoms with van der Waals surface area (Å²) in [5, 5.41) is 9.90. The van der Waals surface area contributed by atoms with Gasteiger partial charge in [-0.15, -0.1) is 0 Å². The first-order valence-electron chi connectivity index (χ1n) is 9.47. The van der Waals surface area contributed by atoms with Crippen molar-refractivity contribution in [3.05, 3.63) is 102 Å². The summed E-state index contributed by atoms with van der Waals surface area (Å²) in [6.45, 7) is 0. The zero-order chi connectivity index (χ0) is 25.6. The van der Waals surface area contributed by atoms with Crippen LogP contribution in [0.5, 0.6) is 0 Å². The summed E-state index contributed by atoms with van der Waals surface area (Å²) in [6.07, 6.45) is 0. The Hall–Kier alpha value is -2.46. The molecule has 4 rings (SSSR count). The maximum absolute atomic E-state index is 15.5. The lowest BCUT2D eigenvalue weighted by Gasteiger charge is -2.19. The molecule has 0 unspecified atom stereocenters. The molecule has 1 nitrogen and oxygen atoms in total. The summed E-state index contributed by atoms with van der Waals surface area (Å²) in [5.74, 6) is -4.39. The van der Waals surface area contributed by atoms with Crippen LogP contribution in [-0.4, -0.2) is 0 Å². The second kappa shape index (κ2) is 9.89. The number of hydrogen-bond acceptors (Lipinski definition) is 1. The van der Waals surface area contributed by atoms with Crippen molar-refractivity contribution in [3.8, 4) is 39.4 Å². The maximum Gasteiger partial charge on any atom is 0.159 e. The standard InChI is InChI=1S/C25H7Cl5F4N/c26-15-8-19(30)21(32)5-11(15)12-6-23(34)24(10-1-2-20(31)22(33)3-10)14(9-35)25(12)13-4-17(28)18(29)7-16(13)27/h1-5,7-8H. The molecule has 0 bridgehead atoms. The Labute approximate surface area is 222 Å². The van der Waals surface area contributed by atoms with Crippen LogP contribution in [-0.2, 0) is 0 Å². The monoisotopic (exact) mass is 572 g/mol. The van der Waals surface area contributed by atoms with E-state index in [2.05, 4.69) is 6.07 Å². The van der Waals surface area contributed by atoms with Crippen molar-refractivity contribution < 1.29 is 17.6 Å². The molecular formula is C25H7Cl5F4N. The van der Waals surface area contributed by atoms with Crippen LogP contribution >= 0.6 is 58.0 Å². The van der Waals surface area contributed by atoms with Crippen LogP contribution in [0.1, 0.15) is 5.56 Å². The Morgan fingerprint density at radius 1 is 0.629 bits per heavy atom. The minimum absolute atomic E-state index is 0.0129. The molecule has 0 N–H and O–H groups in total. The van der Waals surface area contributed by atoms with Gasteiger partial charge in [-0.05, 0) is 42.0 Å². The molecule has 4 aromatic carbocycles. The quantitative estimate of drug-likeness (QED) is 0.176. The summed E-state index contributed by atoms with van der Waals surface area (Å²) in [7, 11) is 0. The van der Waals surface area contributed by atoms with Gasteiger partial charge in [-0.1, -0.05) is 64.1 Å². The van der Waals surface area contributed by atoms with Gasteiger partial charge in [-0.3, -0.25) is 0 Å². The normalized spacial score (nSPS) is 11.0. The number of nitriles is 1. The van der Waals surface area contributed by atoms with Crippen LogP contribution in [0, 0.1) is 40.7 Å². The van der Waals surface area contributed by atoms with Crippen molar-refractivity contribution in [1.82, 2.24) is 0 Å². The van der Waals surface area contributed by atoms with Gasteiger partial charge in [0.1, 0.15) is 17.7 Å². The fourth-order valence-corrected chi connectivity index (χ4v) is 4.65. The topological polar surface area (TPSA) is 23.8 Å². The zero-order valence-electron chi connectivity index (χ0n) is 16.9. The van der Waals surface area contributed by atoms with Crippen molar-refractivity contribution in [2.45, 2.75) is 0 Å². The van der Waals surface area contributed by atoms with Gasteiger partial charge in [0, 0.05) is 33.9 Å². The van der Waals surface area contributed by atoms with E-state index < -0.39 is 28.8 Å². The van der Waals surface area contributed by atoms with Gasteiger partial charge >= 0.3 is 0 Å². The number of hydrogen-bond donors (Lipinski definition) is 0. The van der Waals surface area contributed by atoms with Crippen LogP contribution in [0.25, 0.3) is 33.4 Å². The average Bonchev–Trinajstić information content (AvgIpc) is 2.80. The summed E-state index contributed by atoms with van der Waals surface area (Å²) in [4.78, 5) is 0. The molecule has 0 aliphatic carbocycles. The Kier molecular flexibility index (Phi) is 7.24. The van der Waals surface area contributed by atoms with Crippen LogP contribution in [0.3, 0.4) is 0 Å². The minimum Gasteiger partial charge on any atom is -0.206 e. The number of benzene rings is 4. The molecule has 0 heterocycles. The molecule has 10 heteroatoms. The molecule has 0 saturated heterocycles. The number of rotatable bonds is 3. The van der Waals surface area contributed by atoms with Crippen molar-refractivity contribution >= 4 is 58.0 Å². The summed E-state index contributed by atoms with van der Waals surface area (Å²) < 4.78 is 57.4. The summed E-state index contributed by atoms with van der Waals surface area (Å²) in [6, 6.07) is 11.6. The molecule has 0 amide bonds. The SMILES string of the molecule is N#Cc1c(-c2ccc(F)c(F)c2)c(F)[c]c(-c2cc(F)c(Cl)cc2Cl)c1-c1cc(Cl)c(Cl)cc1Cl. The van der Waals surface area contributed by atoms with E-state index in [0.29, 0.717) is 0 Å². The molecule has 0 spiro atoms. The minimum atomic E-state index is -1.26. The summed E-state index contributed by atoms with van der Waals surface area (Å²) >= 11 is 30.7. The molecule has 0 aromatic heterocycles. The lowest BCUT2D eigenvalue weighted by atomic mass is 9.85. The van der Waals surface area contributed by atoms with Crippen LogP contribution in [0.2, 0.25) is 25.1 Å². The highest BCUT2D eigenvalue weighted by Gasteiger charge is 2.26. The van der Waals surface area contributed by atoms with Gasteiger partial charge in [0.05, 0.1) is 30.7 Å². The predicted octanol–water partition coefficient (Wildman–Crippen LogP) is 10.2. The molecule has 0 fully saturated rings. The Morgan fingerprint density at radius 2 is 1.26 bits per heavy atom. The Bertz CT molecular complexity index is 1560. The molecule has 1 radical (unpaired) electrons. The molecule has 35 heavy (non-hydrogen) atoms. The third-order valence-electron chi connectivity index (χ3n) is 5.08. The maximum atomic E-state index is 15.5. The second-order valence-corrected chi connectivity index (χ2v) is 9.21. The van der Waals surface area contributed by atoms with Gasteiger partial charge in [-0.25, -0.2) is 17.6 Å². The highest BCUT2D eigenvalue weighted by Crippen LogP contribution is 2.47. The Balaban J connectivity index is 2.20. The average molecular weight is 575 g/mol. The Morgan fingerprint density at radius 3 is 1.91 bits per heavy atom. The van der Waals surface area contributed by atoms with Crippen LogP contribution in [0.15, 0.2) is 42.5 Å². The van der Waals surface area contributed by atoms with E-state index in [4.69, 9.17) is 58.0 Å². The largest absolute Gasteiger partial charge is 0.206 e. The van der Waals surface area contributed by atoms with Crippen molar-refractivity contribution in [1.29, 1.82) is 5.26 Å². The zero-order valence-corrected chi connectivity index (χ0v) is 20.7. The first-order valence-corrected chi connectivity index (χ1v) is 11.4. The van der Waals surface area contributed by atoms with E-state index in [1.807, 2.05) is 6.07 Å². The van der Waals surface area contributed by atoms with E-state index in [9.17, 15) is 18.4 Å². The predicted molar refractivity (Wildman–Crippen MR) is 131 cm³/mol. The fourth-order valence-electron chi connectivity index (χ4n) is 3.53. The van der Waals surface area contributed by atoms with Crippen molar-refractivity contribution in [2.75, 3.05) is 0 Å². The van der Waals surface area contributed by atoms with Gasteiger partial charge in [-0.2, -0.15) is 5.26 Å². The lowest BCUT2D eigenvalue weighted by molar-refractivity contribution is 0.509. The molecule has 0 atom stereocenters. The number of nitrogens with zero attached hydrogens (tertiary/aromatic N) is 1. The molecule has 175 valence electrons. The fraction of sp³-hybridized carbons (Fsp3) is 0. The molecule has 0 saturated carbocycles. The van der Waals surface area contributed by atoms with Gasteiger partial charge in [0.15, 0.2) is 11.6 Å². The van der Waals surface area contributed by atoms with Crippen LogP contribution in [0.4, 0.5) is 17.6 Å². The van der Waals surface area contributed by atoms with Crippen molar-refractivity contribution in [3.63, 3.8) is 0 Å². The molecular weight excluding hydrogens is 568 g/mol. The highest BCUT2D eigenvalue weighted by atomic mass is 35.5. The molecule has 0 aliphatic heterocycles. The molecule has 0 aliphatic rings. The smallest absolute Gasteiger partial charge is 0.159 e. The van der Waals surface area contributed by atoms with E-state index in [1.54, 1.807) is 0 Å². The summed E-state index contributed by atoms with van der Waals surface area (Å²) in [5.41, 5.74) is -1.01. The first kappa shape index (κ1) is 25.6. The highest BCUT2D eigenvalue weighted by molar-refractivity contribution is 6.44. The van der Waals surface area contributed by atoms with E-state index >= 15 is 4.39 Å². The van der Waals surface area contributed by atoms with Gasteiger partial charge in [0.25, 0.3) is 0 Å². The van der Waals surface area contributed by atoms with Gasteiger partial charge < -0.3 is 0 Å². The van der Waals surface area contributed by atoms with Gasteiger partial charge in [0.2, 0.25) is 0 Å². The van der Waals surface area contributed by atoms with E-state index in [-0.39, 0.29) is 58.5 Å². The van der Waals surface area contributed by atoms with E-state index in [1.165, 1.54) is 12.1 Å². The van der Waals surface area contributed by atoms with Crippen molar-refractivity contribution in [2.24, 2.45) is 0 Å². The third kappa shape index (κ3) is 4.70. The third-order valence-corrected chi connectivity index (χ3v) is 6.72. The van der Waals surface area contributed by atoms with Crippen LogP contribution < -0.4 is 0 Å². The lowest BCUT2D eigenvalue weighted by Crippen LogP contribution is -2.00. The van der Waals surface area contributed by atoms with E-state index in [0.717, 1.165) is 30.3 Å².